The number of aromatic hydroxyl groups is 2. The summed E-state index contributed by atoms with van der Waals surface area (Å²) < 4.78 is 10.7. The first-order chi connectivity index (χ1) is 18.2. The minimum absolute atomic E-state index is 0.0311. The van der Waals surface area contributed by atoms with E-state index in [0.717, 1.165) is 11.1 Å². The summed E-state index contributed by atoms with van der Waals surface area (Å²) in [5.74, 6) is -1.57. The maximum Gasteiger partial charge on any atom is 0.412 e. The summed E-state index contributed by atoms with van der Waals surface area (Å²) in [4.78, 5) is 24.2. The zero-order valence-corrected chi connectivity index (χ0v) is 21.2. The Bertz CT molecular complexity index is 1490. The molecule has 0 radical (unpaired) electrons. The molecule has 10 heteroatoms. The zero-order chi connectivity index (χ0) is 27.0. The van der Waals surface area contributed by atoms with E-state index < -0.39 is 29.3 Å². The number of ether oxygens (including phenoxy) is 1. The first-order valence-corrected chi connectivity index (χ1v) is 12.4. The van der Waals surface area contributed by atoms with Crippen molar-refractivity contribution in [1.82, 2.24) is 5.16 Å². The highest BCUT2D eigenvalue weighted by Crippen LogP contribution is 2.55. The van der Waals surface area contributed by atoms with Gasteiger partial charge < -0.3 is 24.6 Å². The smallest absolute Gasteiger partial charge is 0.412 e. The standard InChI is InChI=1S/C28H25ClN2O7/c1-15(18-4-2-3-5-21(18)29)37-27(36)31-22-14-30-38-25(22)20-11-10-19(23(32)24(20)33)16-6-8-17(9-7-16)28(12-13-28)26(34)35/h2-6,8,10-11,14-15,32-33H,7,9,12-13H2,1H3,(H,31,36)(H,34,35). The van der Waals surface area contributed by atoms with Gasteiger partial charge in [0.15, 0.2) is 17.3 Å². The van der Waals surface area contributed by atoms with Crippen molar-refractivity contribution in [3.8, 4) is 22.8 Å². The van der Waals surface area contributed by atoms with Crippen LogP contribution >= 0.6 is 11.6 Å². The van der Waals surface area contributed by atoms with Gasteiger partial charge in [0.25, 0.3) is 0 Å². The molecule has 0 bridgehead atoms. The Morgan fingerprint density at radius 2 is 1.79 bits per heavy atom. The van der Waals surface area contributed by atoms with Crippen molar-refractivity contribution in [2.24, 2.45) is 5.41 Å². The fourth-order valence-electron chi connectivity index (χ4n) is 4.77. The number of nitrogens with zero attached hydrogens (tertiary/aromatic N) is 1. The Kier molecular flexibility index (Phi) is 6.62. The Morgan fingerprint density at radius 1 is 1.08 bits per heavy atom. The fraction of sp³-hybridized carbons (Fsp3) is 0.250. The highest BCUT2D eigenvalue weighted by atomic mass is 35.5. The number of aromatic nitrogens is 1. The molecule has 1 aromatic heterocycles. The number of phenolic OH excluding ortho intramolecular Hbond substituents is 2. The highest BCUT2D eigenvalue weighted by Gasteiger charge is 2.52. The number of rotatable bonds is 7. The molecular formula is C28H25ClN2O7. The number of nitrogens with one attached hydrogen (secondary N) is 1. The largest absolute Gasteiger partial charge is 0.504 e. The number of carboxylic acids is 1. The molecule has 0 spiro atoms. The van der Waals surface area contributed by atoms with Crippen molar-refractivity contribution in [2.45, 2.75) is 38.7 Å². The Labute approximate surface area is 223 Å². The van der Waals surface area contributed by atoms with E-state index in [-0.39, 0.29) is 22.8 Å². The van der Waals surface area contributed by atoms with E-state index in [1.807, 2.05) is 0 Å². The van der Waals surface area contributed by atoms with Crippen LogP contribution < -0.4 is 5.32 Å². The molecule has 0 aliphatic heterocycles. The number of anilines is 1. The van der Waals surface area contributed by atoms with Crippen LogP contribution in [0.15, 0.2) is 64.8 Å². The molecule has 2 aliphatic rings. The number of carbonyl (C=O) groups excluding carboxylic acids is 1. The molecule has 3 aromatic rings. The molecule has 38 heavy (non-hydrogen) atoms. The summed E-state index contributed by atoms with van der Waals surface area (Å²) in [6, 6.07) is 10.2. The number of benzene rings is 2. The van der Waals surface area contributed by atoms with Crippen LogP contribution in [0.25, 0.3) is 16.9 Å². The van der Waals surface area contributed by atoms with Crippen molar-refractivity contribution in [2.75, 3.05) is 5.32 Å². The molecule has 1 fully saturated rings. The fourth-order valence-corrected chi connectivity index (χ4v) is 5.06. The second-order valence-electron chi connectivity index (χ2n) is 9.39. The van der Waals surface area contributed by atoms with E-state index in [9.17, 15) is 24.9 Å². The van der Waals surface area contributed by atoms with Crippen LogP contribution in [0.1, 0.15) is 49.8 Å². The maximum atomic E-state index is 12.5. The van der Waals surface area contributed by atoms with Gasteiger partial charge in [-0.3, -0.25) is 10.1 Å². The monoisotopic (exact) mass is 536 g/mol. The Hall–Kier alpha value is -4.24. The van der Waals surface area contributed by atoms with Crippen LogP contribution in [0.2, 0.25) is 5.02 Å². The lowest BCUT2D eigenvalue weighted by Crippen LogP contribution is -2.18. The van der Waals surface area contributed by atoms with Crippen LogP contribution in [0, 0.1) is 5.41 Å². The SMILES string of the molecule is CC(OC(=O)Nc1cnoc1-c1ccc(C2=CC=C(C3(C(=O)O)CC3)CC2)c(O)c1O)c1ccccc1Cl. The third-order valence-corrected chi connectivity index (χ3v) is 7.44. The lowest BCUT2D eigenvalue weighted by Gasteiger charge is -2.20. The summed E-state index contributed by atoms with van der Waals surface area (Å²) in [6.07, 6.45) is 5.79. The third-order valence-electron chi connectivity index (χ3n) is 7.10. The van der Waals surface area contributed by atoms with Crippen molar-refractivity contribution in [1.29, 1.82) is 0 Å². The van der Waals surface area contributed by atoms with E-state index in [1.54, 1.807) is 55.5 Å². The quantitative estimate of drug-likeness (QED) is 0.245. The van der Waals surface area contributed by atoms with Crippen molar-refractivity contribution in [3.05, 3.63) is 76.5 Å². The van der Waals surface area contributed by atoms with Crippen molar-refractivity contribution >= 4 is 34.9 Å². The van der Waals surface area contributed by atoms with Crippen LogP contribution in [0.4, 0.5) is 10.5 Å². The van der Waals surface area contributed by atoms with Gasteiger partial charge in [-0.15, -0.1) is 0 Å². The maximum absolute atomic E-state index is 12.5. The van der Waals surface area contributed by atoms with E-state index in [0.29, 0.717) is 41.8 Å². The average Bonchev–Trinajstić information content (AvgIpc) is 3.60. The number of carboxylic acid groups (broad SMARTS) is 1. The minimum Gasteiger partial charge on any atom is -0.504 e. The highest BCUT2D eigenvalue weighted by molar-refractivity contribution is 6.31. The number of amides is 1. The molecule has 2 aromatic carbocycles. The van der Waals surface area contributed by atoms with Crippen LogP contribution in [-0.2, 0) is 9.53 Å². The lowest BCUT2D eigenvalue weighted by atomic mass is 9.84. The molecule has 1 saturated carbocycles. The molecule has 196 valence electrons. The summed E-state index contributed by atoms with van der Waals surface area (Å²) in [6.45, 7) is 1.68. The lowest BCUT2D eigenvalue weighted by molar-refractivity contribution is -0.141. The summed E-state index contributed by atoms with van der Waals surface area (Å²) in [7, 11) is 0. The number of allylic oxidation sites excluding steroid dienone is 3. The number of aliphatic carboxylic acids is 1. The van der Waals surface area contributed by atoms with E-state index in [1.165, 1.54) is 6.20 Å². The molecule has 5 rings (SSSR count). The number of halogens is 1. The second-order valence-corrected chi connectivity index (χ2v) is 9.80. The third kappa shape index (κ3) is 4.61. The topological polar surface area (TPSA) is 142 Å². The summed E-state index contributed by atoms with van der Waals surface area (Å²) in [5, 5.41) is 37.9. The van der Waals surface area contributed by atoms with Gasteiger partial charge in [0.2, 0.25) is 0 Å². The molecular weight excluding hydrogens is 512 g/mol. The molecule has 0 saturated heterocycles. The number of carbonyl (C=O) groups is 2. The van der Waals surface area contributed by atoms with Gasteiger partial charge >= 0.3 is 12.1 Å². The first-order valence-electron chi connectivity index (χ1n) is 12.1. The Balaban J connectivity index is 1.34. The Morgan fingerprint density at radius 3 is 2.45 bits per heavy atom. The van der Waals surface area contributed by atoms with Gasteiger partial charge in [-0.1, -0.05) is 52.7 Å². The molecule has 1 heterocycles. The zero-order valence-electron chi connectivity index (χ0n) is 20.4. The number of hydrogen-bond acceptors (Lipinski definition) is 7. The minimum atomic E-state index is -0.802. The number of hydrogen-bond donors (Lipinski definition) is 4. The first kappa shape index (κ1) is 25.4. The van der Waals surface area contributed by atoms with Gasteiger partial charge in [-0.25, -0.2) is 4.79 Å². The van der Waals surface area contributed by atoms with Crippen LogP contribution in [0.5, 0.6) is 11.5 Å². The predicted octanol–water partition coefficient (Wildman–Crippen LogP) is 6.68. The molecule has 4 N–H and O–H groups in total. The van der Waals surface area contributed by atoms with Gasteiger partial charge in [-0.05, 0) is 56.4 Å². The second kappa shape index (κ2) is 9.90. The summed E-state index contributed by atoms with van der Waals surface area (Å²) in [5.41, 5.74) is 2.21. The van der Waals surface area contributed by atoms with E-state index in [4.69, 9.17) is 20.9 Å². The van der Waals surface area contributed by atoms with Gasteiger partial charge in [0, 0.05) is 16.1 Å². The summed E-state index contributed by atoms with van der Waals surface area (Å²) >= 11 is 6.18. The molecule has 1 amide bonds. The van der Waals surface area contributed by atoms with Crippen molar-refractivity contribution in [3.63, 3.8) is 0 Å². The van der Waals surface area contributed by atoms with E-state index >= 15 is 0 Å². The van der Waals surface area contributed by atoms with Crippen molar-refractivity contribution < 1.29 is 34.2 Å². The van der Waals surface area contributed by atoms with Gasteiger partial charge in [0.1, 0.15) is 11.8 Å². The van der Waals surface area contributed by atoms with E-state index in [2.05, 4.69) is 10.5 Å². The predicted molar refractivity (Wildman–Crippen MR) is 140 cm³/mol. The molecule has 9 nitrogen and oxygen atoms in total. The molecule has 1 unspecified atom stereocenters. The average molecular weight is 537 g/mol. The van der Waals surface area contributed by atoms with Crippen LogP contribution in [0.3, 0.4) is 0 Å². The van der Waals surface area contributed by atoms with Gasteiger partial charge in [0.05, 0.1) is 17.2 Å². The number of phenols is 2. The normalized spacial score (nSPS) is 16.7. The van der Waals surface area contributed by atoms with Crippen LogP contribution in [-0.4, -0.2) is 32.5 Å². The molecule has 1 atom stereocenters. The van der Waals surface area contributed by atoms with Gasteiger partial charge in [-0.2, -0.15) is 0 Å². The molecule has 2 aliphatic carbocycles.